The zero-order valence-corrected chi connectivity index (χ0v) is 14.9. The van der Waals surface area contributed by atoms with Gasteiger partial charge in [0.25, 0.3) is 5.91 Å². The molecule has 1 saturated heterocycles. The second-order valence-corrected chi connectivity index (χ2v) is 7.54. The molecule has 1 N–H and O–H groups in total. The van der Waals surface area contributed by atoms with Gasteiger partial charge in [0, 0.05) is 38.8 Å². The molecule has 2 aromatic heterocycles. The summed E-state index contributed by atoms with van der Waals surface area (Å²) >= 11 is 3.20. The number of carbonyl (C=O) groups excluding carboxylic acids is 1. The number of piperazine rings is 1. The van der Waals surface area contributed by atoms with Gasteiger partial charge in [-0.05, 0) is 26.8 Å². The fourth-order valence-electron chi connectivity index (χ4n) is 2.74. The van der Waals surface area contributed by atoms with Gasteiger partial charge in [-0.2, -0.15) is 0 Å². The van der Waals surface area contributed by atoms with E-state index in [0.717, 1.165) is 52.3 Å². The highest BCUT2D eigenvalue weighted by atomic mass is 32.1. The van der Waals surface area contributed by atoms with Crippen LogP contribution in [0.5, 0.6) is 0 Å². The average molecular weight is 339 g/mol. The first kappa shape index (κ1) is 15.7. The van der Waals surface area contributed by atoms with E-state index in [1.54, 1.807) is 11.3 Å². The maximum Gasteiger partial charge on any atom is 0.264 e. The molecule has 0 saturated carbocycles. The predicted octanol–water partition coefficient (Wildman–Crippen LogP) is 2.64. The number of nitrogens with zero attached hydrogens (tertiary/aromatic N) is 3. The summed E-state index contributed by atoms with van der Waals surface area (Å²) in [5, 5.41) is 4.38. The summed E-state index contributed by atoms with van der Waals surface area (Å²) in [6.07, 6.45) is 0. The van der Waals surface area contributed by atoms with Crippen LogP contribution in [0, 0.1) is 0 Å². The van der Waals surface area contributed by atoms with Crippen molar-refractivity contribution in [3.8, 4) is 0 Å². The van der Waals surface area contributed by atoms with Gasteiger partial charge in [0.05, 0.1) is 9.58 Å². The van der Waals surface area contributed by atoms with E-state index < -0.39 is 0 Å². The number of anilines is 1. The smallest absolute Gasteiger partial charge is 0.264 e. The second-order valence-electron chi connectivity index (χ2n) is 5.50. The lowest BCUT2D eigenvalue weighted by atomic mass is 10.2. The van der Waals surface area contributed by atoms with Crippen LogP contribution in [0.25, 0.3) is 9.53 Å². The van der Waals surface area contributed by atoms with Crippen molar-refractivity contribution >= 4 is 43.2 Å². The minimum atomic E-state index is 0.147. The molecule has 1 aliphatic heterocycles. The maximum atomic E-state index is 12.7. The minimum Gasteiger partial charge on any atom is -0.349 e. The van der Waals surface area contributed by atoms with Crippen LogP contribution in [0.3, 0.4) is 0 Å². The van der Waals surface area contributed by atoms with E-state index in [1.807, 2.05) is 11.0 Å². The Hall–Kier alpha value is -1.18. The van der Waals surface area contributed by atoms with Gasteiger partial charge >= 0.3 is 0 Å². The second kappa shape index (κ2) is 6.52. The Morgan fingerprint density at radius 3 is 2.86 bits per heavy atom. The SMILES string of the molecule is CCN(CC)c1nc2sc(C(=O)N3CCNCC3C)cc2s1. The molecule has 0 spiro atoms. The monoisotopic (exact) mass is 338 g/mol. The van der Waals surface area contributed by atoms with Crippen molar-refractivity contribution in [2.75, 3.05) is 37.6 Å². The van der Waals surface area contributed by atoms with E-state index in [9.17, 15) is 4.79 Å². The number of hydrogen-bond acceptors (Lipinski definition) is 6. The van der Waals surface area contributed by atoms with Crippen LogP contribution < -0.4 is 10.2 Å². The lowest BCUT2D eigenvalue weighted by Crippen LogP contribution is -2.52. The van der Waals surface area contributed by atoms with E-state index in [2.05, 4.69) is 31.0 Å². The van der Waals surface area contributed by atoms with Crippen molar-refractivity contribution in [2.24, 2.45) is 0 Å². The Bertz CT molecular complexity index is 630. The molecule has 1 amide bonds. The Kier molecular flexibility index (Phi) is 4.65. The number of carbonyl (C=O) groups is 1. The van der Waals surface area contributed by atoms with E-state index in [1.165, 1.54) is 11.3 Å². The number of thiophene rings is 1. The molecule has 0 aliphatic carbocycles. The third kappa shape index (κ3) is 2.85. The summed E-state index contributed by atoms with van der Waals surface area (Å²) in [5.74, 6) is 0.147. The fraction of sp³-hybridized carbons (Fsp3) is 0.600. The van der Waals surface area contributed by atoms with Crippen molar-refractivity contribution in [3.63, 3.8) is 0 Å². The molecule has 120 valence electrons. The van der Waals surface area contributed by atoms with Crippen LogP contribution >= 0.6 is 22.7 Å². The summed E-state index contributed by atoms with van der Waals surface area (Å²) in [6, 6.07) is 2.27. The molecule has 0 bridgehead atoms. The van der Waals surface area contributed by atoms with Gasteiger partial charge < -0.3 is 15.1 Å². The number of nitrogens with one attached hydrogen (secondary N) is 1. The van der Waals surface area contributed by atoms with Gasteiger partial charge in [0.1, 0.15) is 4.83 Å². The van der Waals surface area contributed by atoms with Crippen LogP contribution in [0.4, 0.5) is 5.13 Å². The van der Waals surface area contributed by atoms with E-state index in [0.29, 0.717) is 0 Å². The normalized spacial score (nSPS) is 18.9. The molecular formula is C15H22N4OS2. The molecule has 7 heteroatoms. The molecule has 0 aromatic carbocycles. The van der Waals surface area contributed by atoms with Crippen LogP contribution in [0.1, 0.15) is 30.4 Å². The van der Waals surface area contributed by atoms with Gasteiger partial charge in [-0.15, -0.1) is 11.3 Å². The molecule has 1 fully saturated rings. The van der Waals surface area contributed by atoms with Crippen LogP contribution in [0.2, 0.25) is 0 Å². The molecule has 1 atom stereocenters. The molecule has 1 unspecified atom stereocenters. The summed E-state index contributed by atoms with van der Waals surface area (Å²) in [5.41, 5.74) is 0. The Morgan fingerprint density at radius 1 is 1.45 bits per heavy atom. The topological polar surface area (TPSA) is 48.5 Å². The molecule has 3 heterocycles. The highest BCUT2D eigenvalue weighted by Gasteiger charge is 2.26. The Labute approximate surface area is 138 Å². The number of amides is 1. The van der Waals surface area contributed by atoms with Crippen molar-refractivity contribution in [3.05, 3.63) is 10.9 Å². The molecule has 22 heavy (non-hydrogen) atoms. The quantitative estimate of drug-likeness (QED) is 0.931. The molecule has 3 rings (SSSR count). The Morgan fingerprint density at radius 2 is 2.23 bits per heavy atom. The average Bonchev–Trinajstić information content (AvgIpc) is 3.07. The van der Waals surface area contributed by atoms with Crippen molar-refractivity contribution < 1.29 is 4.79 Å². The number of aromatic nitrogens is 1. The van der Waals surface area contributed by atoms with Crippen LogP contribution in [0.15, 0.2) is 6.07 Å². The highest BCUT2D eigenvalue weighted by molar-refractivity contribution is 7.29. The molecule has 0 radical (unpaired) electrons. The Balaban J connectivity index is 1.83. The van der Waals surface area contributed by atoms with Gasteiger partial charge in [0.15, 0.2) is 5.13 Å². The number of fused-ring (bicyclic) bond motifs is 1. The number of hydrogen-bond donors (Lipinski definition) is 1. The van der Waals surface area contributed by atoms with E-state index in [-0.39, 0.29) is 11.9 Å². The zero-order chi connectivity index (χ0) is 15.7. The molecular weight excluding hydrogens is 316 g/mol. The van der Waals surface area contributed by atoms with Crippen molar-refractivity contribution in [1.29, 1.82) is 0 Å². The standard InChI is InChI=1S/C15H22N4OS2/c1-4-18(5-2)15-17-13-11(22-15)8-12(21-13)14(20)19-7-6-16-9-10(19)3/h8,10,16H,4-7,9H2,1-3H3. The zero-order valence-electron chi connectivity index (χ0n) is 13.3. The van der Waals surface area contributed by atoms with Gasteiger partial charge in [0.2, 0.25) is 0 Å². The summed E-state index contributed by atoms with van der Waals surface area (Å²) < 4.78 is 1.12. The number of rotatable bonds is 4. The lowest BCUT2D eigenvalue weighted by Gasteiger charge is -2.33. The van der Waals surface area contributed by atoms with Crippen LogP contribution in [-0.2, 0) is 0 Å². The first-order valence-corrected chi connectivity index (χ1v) is 9.44. The summed E-state index contributed by atoms with van der Waals surface area (Å²) in [7, 11) is 0. The highest BCUT2D eigenvalue weighted by Crippen LogP contribution is 2.35. The molecule has 1 aliphatic rings. The van der Waals surface area contributed by atoms with Gasteiger partial charge in [-0.1, -0.05) is 11.3 Å². The first-order chi connectivity index (χ1) is 10.6. The van der Waals surface area contributed by atoms with Gasteiger partial charge in [-0.25, -0.2) is 4.98 Å². The fourth-order valence-corrected chi connectivity index (χ4v) is 5.04. The first-order valence-electron chi connectivity index (χ1n) is 7.81. The molecule has 2 aromatic rings. The lowest BCUT2D eigenvalue weighted by molar-refractivity contribution is 0.0661. The largest absolute Gasteiger partial charge is 0.349 e. The predicted molar refractivity (Wildman–Crippen MR) is 94.4 cm³/mol. The number of thiazole rings is 1. The van der Waals surface area contributed by atoms with Crippen molar-refractivity contribution in [1.82, 2.24) is 15.2 Å². The molecule has 5 nitrogen and oxygen atoms in total. The summed E-state index contributed by atoms with van der Waals surface area (Å²) in [6.45, 7) is 10.8. The third-order valence-corrected chi connectivity index (χ3v) is 6.29. The third-order valence-electron chi connectivity index (χ3n) is 4.08. The van der Waals surface area contributed by atoms with Gasteiger partial charge in [-0.3, -0.25) is 4.79 Å². The minimum absolute atomic E-state index is 0.147. The maximum absolute atomic E-state index is 12.7. The summed E-state index contributed by atoms with van der Waals surface area (Å²) in [4.78, 5) is 23.4. The van der Waals surface area contributed by atoms with E-state index >= 15 is 0 Å². The van der Waals surface area contributed by atoms with Crippen molar-refractivity contribution in [2.45, 2.75) is 26.8 Å². The van der Waals surface area contributed by atoms with Crippen LogP contribution in [-0.4, -0.2) is 54.6 Å². The van der Waals surface area contributed by atoms with E-state index in [4.69, 9.17) is 4.98 Å².